The van der Waals surface area contributed by atoms with Gasteiger partial charge in [0, 0.05) is 12.2 Å². The van der Waals surface area contributed by atoms with Crippen molar-refractivity contribution in [2.45, 2.75) is 6.92 Å². The van der Waals surface area contributed by atoms with Crippen LogP contribution in [0.2, 0.25) is 5.02 Å². The molecule has 0 bridgehead atoms. The summed E-state index contributed by atoms with van der Waals surface area (Å²) in [6, 6.07) is 11.2. The minimum absolute atomic E-state index is 0.0285. The van der Waals surface area contributed by atoms with Gasteiger partial charge in [-0.25, -0.2) is 4.39 Å². The fraction of sp³-hybridized carbons (Fsp3) is 0.238. The van der Waals surface area contributed by atoms with Gasteiger partial charge in [-0.2, -0.15) is 0 Å². The zero-order valence-corrected chi connectivity index (χ0v) is 17.1. The molecule has 1 aromatic heterocycles. The Bertz CT molecular complexity index is 983. The summed E-state index contributed by atoms with van der Waals surface area (Å²) in [6.45, 7) is 2.94. The van der Waals surface area contributed by atoms with Gasteiger partial charge in [0.15, 0.2) is 0 Å². The first-order chi connectivity index (χ1) is 13.9. The number of amides is 1. The van der Waals surface area contributed by atoms with Crippen molar-refractivity contribution in [2.24, 2.45) is 0 Å². The number of rotatable bonds is 7. The van der Waals surface area contributed by atoms with Crippen molar-refractivity contribution >= 4 is 23.2 Å². The van der Waals surface area contributed by atoms with Gasteiger partial charge in [-0.1, -0.05) is 22.8 Å². The van der Waals surface area contributed by atoms with Gasteiger partial charge in [0.25, 0.3) is 5.91 Å². The summed E-state index contributed by atoms with van der Waals surface area (Å²) in [5.74, 6) is -0.0938. The summed E-state index contributed by atoms with van der Waals surface area (Å²) in [5, 5.41) is 6.76. The molecule has 0 radical (unpaired) electrons. The predicted molar refractivity (Wildman–Crippen MR) is 110 cm³/mol. The SMILES string of the molecule is Cc1onc(-c2c(F)cccc2Cl)c1C(=O)Nc1ccc(OCCN(C)C)cc1. The Morgan fingerprint density at radius 2 is 1.97 bits per heavy atom. The number of carbonyl (C=O) groups excluding carboxylic acids is 1. The Morgan fingerprint density at radius 1 is 1.24 bits per heavy atom. The van der Waals surface area contributed by atoms with Crippen LogP contribution in [0.25, 0.3) is 11.3 Å². The largest absolute Gasteiger partial charge is 0.492 e. The Balaban J connectivity index is 1.78. The van der Waals surface area contributed by atoms with Crippen LogP contribution in [0, 0.1) is 12.7 Å². The number of nitrogens with one attached hydrogen (secondary N) is 1. The molecule has 1 N–H and O–H groups in total. The number of aryl methyl sites for hydroxylation is 1. The van der Waals surface area contributed by atoms with Crippen molar-refractivity contribution in [1.29, 1.82) is 0 Å². The number of benzene rings is 2. The van der Waals surface area contributed by atoms with E-state index in [0.717, 1.165) is 6.54 Å². The normalized spacial score (nSPS) is 11.0. The van der Waals surface area contributed by atoms with Crippen LogP contribution in [-0.2, 0) is 0 Å². The maximum atomic E-state index is 14.3. The Kier molecular flexibility index (Phi) is 6.51. The van der Waals surface area contributed by atoms with E-state index in [-0.39, 0.29) is 27.6 Å². The number of anilines is 1. The first-order valence-corrected chi connectivity index (χ1v) is 9.34. The molecule has 152 valence electrons. The van der Waals surface area contributed by atoms with Crippen molar-refractivity contribution < 1.29 is 18.4 Å². The summed E-state index contributed by atoms with van der Waals surface area (Å²) < 4.78 is 25.1. The number of ether oxygens (including phenoxy) is 1. The molecule has 3 aromatic rings. The lowest BCUT2D eigenvalue weighted by atomic mass is 10.0. The number of halogens is 2. The molecule has 2 aromatic carbocycles. The van der Waals surface area contributed by atoms with Crippen LogP contribution in [0.4, 0.5) is 10.1 Å². The second kappa shape index (κ2) is 9.07. The van der Waals surface area contributed by atoms with Gasteiger partial charge in [-0.15, -0.1) is 0 Å². The standard InChI is InChI=1S/C21H21ClFN3O3/c1-13-18(20(25-29-13)19-16(22)5-4-6-17(19)23)21(27)24-14-7-9-15(10-8-14)28-12-11-26(2)3/h4-10H,11-12H2,1-3H3,(H,24,27). The average molecular weight is 418 g/mol. The summed E-state index contributed by atoms with van der Waals surface area (Å²) >= 11 is 6.12. The fourth-order valence-electron chi connectivity index (χ4n) is 2.71. The molecule has 0 aliphatic carbocycles. The summed E-state index contributed by atoms with van der Waals surface area (Å²) in [7, 11) is 3.94. The third-order valence-corrected chi connectivity index (χ3v) is 4.52. The molecular formula is C21H21ClFN3O3. The van der Waals surface area contributed by atoms with Crippen molar-refractivity contribution in [2.75, 3.05) is 32.6 Å². The van der Waals surface area contributed by atoms with Crippen molar-refractivity contribution in [3.63, 3.8) is 0 Å². The van der Waals surface area contributed by atoms with Gasteiger partial charge >= 0.3 is 0 Å². The van der Waals surface area contributed by atoms with Crippen LogP contribution in [0.1, 0.15) is 16.1 Å². The van der Waals surface area contributed by atoms with Crippen LogP contribution in [0.5, 0.6) is 5.75 Å². The number of carbonyl (C=O) groups is 1. The highest BCUT2D eigenvalue weighted by Gasteiger charge is 2.25. The zero-order chi connectivity index (χ0) is 21.0. The van der Waals surface area contributed by atoms with Gasteiger partial charge < -0.3 is 19.5 Å². The Morgan fingerprint density at radius 3 is 2.62 bits per heavy atom. The summed E-state index contributed by atoms with van der Waals surface area (Å²) in [5.41, 5.74) is 0.775. The lowest BCUT2D eigenvalue weighted by molar-refractivity contribution is 0.102. The minimum atomic E-state index is -0.584. The van der Waals surface area contributed by atoms with Gasteiger partial charge in [-0.3, -0.25) is 4.79 Å². The number of aromatic nitrogens is 1. The van der Waals surface area contributed by atoms with Crippen LogP contribution in [-0.4, -0.2) is 43.2 Å². The zero-order valence-electron chi connectivity index (χ0n) is 16.3. The van der Waals surface area contributed by atoms with Crippen molar-refractivity contribution in [1.82, 2.24) is 10.1 Å². The average Bonchev–Trinajstić information content (AvgIpc) is 3.04. The third kappa shape index (κ3) is 4.93. The van der Waals surface area contributed by atoms with Crippen LogP contribution in [0.3, 0.4) is 0 Å². The van der Waals surface area contributed by atoms with E-state index in [0.29, 0.717) is 18.0 Å². The smallest absolute Gasteiger partial charge is 0.261 e. The molecule has 0 aliphatic heterocycles. The molecule has 3 rings (SSSR count). The monoisotopic (exact) mass is 417 g/mol. The molecule has 0 saturated carbocycles. The summed E-state index contributed by atoms with van der Waals surface area (Å²) in [6.07, 6.45) is 0. The highest BCUT2D eigenvalue weighted by molar-refractivity contribution is 6.33. The molecule has 0 spiro atoms. The van der Waals surface area contributed by atoms with E-state index < -0.39 is 11.7 Å². The molecule has 0 aliphatic rings. The summed E-state index contributed by atoms with van der Waals surface area (Å²) in [4.78, 5) is 14.9. The van der Waals surface area contributed by atoms with E-state index >= 15 is 0 Å². The van der Waals surface area contributed by atoms with E-state index in [1.165, 1.54) is 18.2 Å². The second-order valence-corrected chi connectivity index (χ2v) is 7.10. The highest BCUT2D eigenvalue weighted by atomic mass is 35.5. The molecule has 29 heavy (non-hydrogen) atoms. The number of nitrogens with zero attached hydrogens (tertiary/aromatic N) is 2. The molecule has 1 amide bonds. The van der Waals surface area contributed by atoms with E-state index in [2.05, 4.69) is 10.5 Å². The molecule has 0 atom stereocenters. The van der Waals surface area contributed by atoms with Gasteiger partial charge in [0.2, 0.25) is 0 Å². The van der Waals surface area contributed by atoms with Gasteiger partial charge in [-0.05, 0) is 57.4 Å². The molecule has 6 nitrogen and oxygen atoms in total. The van der Waals surface area contributed by atoms with Crippen molar-refractivity contribution in [3.05, 3.63) is 64.6 Å². The number of likely N-dealkylation sites (N-methyl/N-ethyl adjacent to an activating group) is 1. The maximum absolute atomic E-state index is 14.3. The van der Waals surface area contributed by atoms with E-state index in [9.17, 15) is 9.18 Å². The molecule has 0 unspecified atom stereocenters. The maximum Gasteiger partial charge on any atom is 0.261 e. The lowest BCUT2D eigenvalue weighted by Gasteiger charge is -2.11. The van der Waals surface area contributed by atoms with Crippen LogP contribution >= 0.6 is 11.6 Å². The predicted octanol–water partition coefficient (Wildman–Crippen LogP) is 4.64. The fourth-order valence-corrected chi connectivity index (χ4v) is 2.96. The van der Waals surface area contributed by atoms with Gasteiger partial charge in [0.05, 0.1) is 10.6 Å². The molecular weight excluding hydrogens is 397 g/mol. The third-order valence-electron chi connectivity index (χ3n) is 4.21. The number of hydrogen-bond donors (Lipinski definition) is 1. The first kappa shape index (κ1) is 20.8. The second-order valence-electron chi connectivity index (χ2n) is 6.69. The van der Waals surface area contributed by atoms with E-state index in [1.54, 1.807) is 31.2 Å². The molecule has 8 heteroatoms. The lowest BCUT2D eigenvalue weighted by Crippen LogP contribution is -2.19. The van der Waals surface area contributed by atoms with E-state index in [4.69, 9.17) is 20.9 Å². The minimum Gasteiger partial charge on any atom is -0.492 e. The van der Waals surface area contributed by atoms with Crippen LogP contribution < -0.4 is 10.1 Å². The number of hydrogen-bond acceptors (Lipinski definition) is 5. The van der Waals surface area contributed by atoms with Crippen LogP contribution in [0.15, 0.2) is 47.0 Å². The Hall–Kier alpha value is -2.90. The highest BCUT2D eigenvalue weighted by Crippen LogP contribution is 2.33. The van der Waals surface area contributed by atoms with Gasteiger partial charge in [0.1, 0.15) is 35.2 Å². The van der Waals surface area contributed by atoms with E-state index in [1.807, 2.05) is 19.0 Å². The molecule has 1 heterocycles. The topological polar surface area (TPSA) is 67.6 Å². The molecule has 0 fully saturated rings. The quantitative estimate of drug-likeness (QED) is 0.606. The first-order valence-electron chi connectivity index (χ1n) is 8.96. The Labute approximate surface area is 173 Å². The molecule has 0 saturated heterocycles. The van der Waals surface area contributed by atoms with Crippen molar-refractivity contribution in [3.8, 4) is 17.0 Å².